The average molecular weight is 210 g/mol. The Hall–Kier alpha value is -2.17. The highest BCUT2D eigenvalue weighted by atomic mass is 14.9. The molecule has 0 radical (unpaired) electrons. The Kier molecular flexibility index (Phi) is 2.95. The van der Waals surface area contributed by atoms with Crippen LogP contribution in [0.1, 0.15) is 11.3 Å². The Morgan fingerprint density at radius 1 is 1.44 bits per heavy atom. The van der Waals surface area contributed by atoms with Gasteiger partial charge in [0.2, 0.25) is 0 Å². The Morgan fingerprint density at radius 2 is 2.31 bits per heavy atom. The maximum absolute atomic E-state index is 9.04. The maximum atomic E-state index is 9.04. The molecule has 78 valence electrons. The van der Waals surface area contributed by atoms with Crippen LogP contribution in [-0.4, -0.2) is 18.1 Å². The summed E-state index contributed by atoms with van der Waals surface area (Å²) in [5, 5.41) is 21.2. The van der Waals surface area contributed by atoms with E-state index in [0.29, 0.717) is 17.8 Å². The van der Waals surface area contributed by atoms with E-state index in [4.69, 9.17) is 10.5 Å². The predicted octanol–water partition coefficient (Wildman–Crippen LogP) is 1.08. The number of aromatic nitrogens is 1. The lowest BCUT2D eigenvalue weighted by Crippen LogP contribution is -2.28. The van der Waals surface area contributed by atoms with Crippen molar-refractivity contribution in [3.8, 4) is 12.1 Å². The minimum atomic E-state index is -0.226. The summed E-state index contributed by atoms with van der Waals surface area (Å²) in [6, 6.07) is 7.78. The molecule has 16 heavy (non-hydrogen) atoms. The molecule has 0 amide bonds. The molecule has 0 saturated carbocycles. The van der Waals surface area contributed by atoms with Crippen molar-refractivity contribution in [2.45, 2.75) is 0 Å². The molecule has 0 saturated heterocycles. The van der Waals surface area contributed by atoms with Gasteiger partial charge in [-0.25, -0.2) is 0 Å². The van der Waals surface area contributed by atoms with Gasteiger partial charge in [0, 0.05) is 19.3 Å². The van der Waals surface area contributed by atoms with Gasteiger partial charge in [-0.05, 0) is 17.7 Å². The first-order chi connectivity index (χ1) is 7.86. The van der Waals surface area contributed by atoms with Crippen LogP contribution in [0.2, 0.25) is 0 Å². The molecule has 1 N–H and O–H groups in total. The molecular weight excluding hydrogens is 200 g/mol. The number of nitrogens with zero attached hydrogens (tertiary/aromatic N) is 3. The van der Waals surface area contributed by atoms with Crippen molar-refractivity contribution in [2.75, 3.05) is 13.1 Å². The quantitative estimate of drug-likeness (QED) is 0.752. The summed E-state index contributed by atoms with van der Waals surface area (Å²) in [6.45, 7) is 1.33. The zero-order valence-corrected chi connectivity index (χ0v) is 8.64. The molecule has 1 unspecified atom stereocenters. The van der Waals surface area contributed by atoms with Gasteiger partial charge in [0.1, 0.15) is 6.07 Å². The van der Waals surface area contributed by atoms with Crippen molar-refractivity contribution in [1.29, 1.82) is 10.5 Å². The van der Waals surface area contributed by atoms with Crippen LogP contribution in [0.4, 0.5) is 0 Å². The Morgan fingerprint density at radius 3 is 3.06 bits per heavy atom. The fraction of sp³-hybridized carbons (Fsp3) is 0.250. The van der Waals surface area contributed by atoms with E-state index in [0.717, 1.165) is 12.1 Å². The number of rotatable bonds is 1. The van der Waals surface area contributed by atoms with Gasteiger partial charge in [0.25, 0.3) is 0 Å². The maximum Gasteiger partial charge on any atom is 0.101 e. The molecule has 4 nitrogen and oxygen atoms in total. The Balaban J connectivity index is 2.48. The van der Waals surface area contributed by atoms with E-state index in [-0.39, 0.29) is 5.92 Å². The summed E-state index contributed by atoms with van der Waals surface area (Å²) in [7, 11) is 0. The number of hydrogen-bond donors (Lipinski definition) is 1. The molecule has 1 aliphatic heterocycles. The van der Waals surface area contributed by atoms with Gasteiger partial charge in [-0.3, -0.25) is 4.98 Å². The Labute approximate surface area is 93.8 Å². The smallest absolute Gasteiger partial charge is 0.101 e. The van der Waals surface area contributed by atoms with E-state index in [1.165, 1.54) is 0 Å². The zero-order chi connectivity index (χ0) is 11.4. The largest absolute Gasteiger partial charge is 0.312 e. The summed E-state index contributed by atoms with van der Waals surface area (Å²) in [6.07, 6.45) is 3.58. The predicted molar refractivity (Wildman–Crippen MR) is 58.9 cm³/mol. The summed E-state index contributed by atoms with van der Waals surface area (Å²) in [5.41, 5.74) is 2.02. The third-order valence-corrected chi connectivity index (χ3v) is 2.55. The van der Waals surface area contributed by atoms with Crippen LogP contribution in [0, 0.1) is 28.6 Å². The second-order valence-corrected chi connectivity index (χ2v) is 3.51. The molecule has 4 heteroatoms. The highest BCUT2D eigenvalue weighted by molar-refractivity contribution is 5.71. The molecule has 0 spiro atoms. The number of nitrogens with one attached hydrogen (secondary N) is 1. The van der Waals surface area contributed by atoms with Crippen molar-refractivity contribution in [1.82, 2.24) is 10.3 Å². The standard InChI is InChI=1S/C12H10N4/c13-6-9-2-1-4-16-12(9)11-3-5-15-8-10(11)7-14/h1-4,10,15H,5,8H2. The third-order valence-electron chi connectivity index (χ3n) is 2.55. The number of hydrogen-bond acceptors (Lipinski definition) is 4. The number of pyridine rings is 1. The normalized spacial score (nSPS) is 19.4. The van der Waals surface area contributed by atoms with E-state index < -0.39 is 0 Å². The molecule has 0 fully saturated rings. The molecule has 1 aliphatic rings. The highest BCUT2D eigenvalue weighted by Crippen LogP contribution is 2.25. The van der Waals surface area contributed by atoms with Crippen LogP contribution >= 0.6 is 0 Å². The van der Waals surface area contributed by atoms with Crippen LogP contribution in [0.5, 0.6) is 0 Å². The molecule has 2 heterocycles. The van der Waals surface area contributed by atoms with Crippen molar-refractivity contribution in [3.05, 3.63) is 35.7 Å². The zero-order valence-electron chi connectivity index (χ0n) is 8.64. The molecule has 1 atom stereocenters. The lowest BCUT2D eigenvalue weighted by atomic mass is 9.92. The minimum Gasteiger partial charge on any atom is -0.312 e. The van der Waals surface area contributed by atoms with E-state index in [1.54, 1.807) is 18.3 Å². The summed E-state index contributed by atoms with van der Waals surface area (Å²) < 4.78 is 0. The van der Waals surface area contributed by atoms with Crippen LogP contribution < -0.4 is 5.32 Å². The van der Waals surface area contributed by atoms with Gasteiger partial charge < -0.3 is 5.32 Å². The summed E-state index contributed by atoms with van der Waals surface area (Å²) >= 11 is 0. The molecule has 0 aliphatic carbocycles. The second-order valence-electron chi connectivity index (χ2n) is 3.51. The van der Waals surface area contributed by atoms with E-state index >= 15 is 0 Å². The van der Waals surface area contributed by atoms with Crippen LogP contribution in [0.15, 0.2) is 24.4 Å². The monoisotopic (exact) mass is 210 g/mol. The fourth-order valence-electron chi connectivity index (χ4n) is 1.76. The van der Waals surface area contributed by atoms with Crippen molar-refractivity contribution in [3.63, 3.8) is 0 Å². The summed E-state index contributed by atoms with van der Waals surface area (Å²) in [4.78, 5) is 4.20. The molecular formula is C12H10N4. The topological polar surface area (TPSA) is 72.5 Å². The van der Waals surface area contributed by atoms with E-state index in [9.17, 15) is 0 Å². The van der Waals surface area contributed by atoms with Gasteiger partial charge in [0.15, 0.2) is 0 Å². The third kappa shape index (κ3) is 1.79. The SMILES string of the molecule is N#Cc1cccnc1C1=CCNCC1C#N. The van der Waals surface area contributed by atoms with Gasteiger partial charge in [-0.1, -0.05) is 6.08 Å². The molecule has 0 bridgehead atoms. The van der Waals surface area contributed by atoms with E-state index in [2.05, 4.69) is 22.4 Å². The lowest BCUT2D eigenvalue weighted by molar-refractivity contribution is 0.662. The van der Waals surface area contributed by atoms with Crippen molar-refractivity contribution in [2.24, 2.45) is 5.92 Å². The fourth-order valence-corrected chi connectivity index (χ4v) is 1.76. The minimum absolute atomic E-state index is 0.226. The van der Waals surface area contributed by atoms with Crippen LogP contribution in [0.25, 0.3) is 5.57 Å². The van der Waals surface area contributed by atoms with Crippen LogP contribution in [0.3, 0.4) is 0 Å². The lowest BCUT2D eigenvalue weighted by Gasteiger charge is -2.19. The first-order valence-corrected chi connectivity index (χ1v) is 5.02. The van der Waals surface area contributed by atoms with Crippen LogP contribution in [-0.2, 0) is 0 Å². The molecule has 1 aromatic rings. The first-order valence-electron chi connectivity index (χ1n) is 5.02. The summed E-state index contributed by atoms with van der Waals surface area (Å²) in [5.74, 6) is -0.226. The van der Waals surface area contributed by atoms with Crippen molar-refractivity contribution >= 4 is 5.57 Å². The highest BCUT2D eigenvalue weighted by Gasteiger charge is 2.21. The average Bonchev–Trinajstić information content (AvgIpc) is 2.38. The molecule has 0 aromatic carbocycles. The number of nitriles is 2. The first kappa shape index (κ1) is 10.4. The van der Waals surface area contributed by atoms with Gasteiger partial charge in [0.05, 0.1) is 23.2 Å². The molecule has 1 aromatic heterocycles. The van der Waals surface area contributed by atoms with E-state index in [1.807, 2.05) is 6.08 Å². The second kappa shape index (κ2) is 4.57. The molecule has 2 rings (SSSR count). The van der Waals surface area contributed by atoms with Gasteiger partial charge >= 0.3 is 0 Å². The van der Waals surface area contributed by atoms with Crippen molar-refractivity contribution < 1.29 is 0 Å². The van der Waals surface area contributed by atoms with Gasteiger partial charge in [-0.2, -0.15) is 10.5 Å². The Bertz CT molecular complexity index is 504. The van der Waals surface area contributed by atoms with Gasteiger partial charge in [-0.15, -0.1) is 0 Å².